The monoisotopic (exact) mass is 408 g/mol. The third kappa shape index (κ3) is 10.0. The normalized spacial score (nSPS) is 21.3. The lowest BCUT2D eigenvalue weighted by Gasteiger charge is -2.28. The van der Waals surface area contributed by atoms with E-state index in [1.165, 1.54) is 37.2 Å². The summed E-state index contributed by atoms with van der Waals surface area (Å²) in [6.45, 7) is 7.46. The summed E-state index contributed by atoms with van der Waals surface area (Å²) in [5.41, 5.74) is 0. The van der Waals surface area contributed by atoms with Gasteiger partial charge in [-0.05, 0) is 37.5 Å². The predicted molar refractivity (Wildman–Crippen MR) is 121 cm³/mol. The first-order valence-corrected chi connectivity index (χ1v) is 12.2. The Bertz CT molecular complexity index is 335. The Kier molecular flexibility index (Phi) is 12.8. The van der Waals surface area contributed by atoms with Crippen LogP contribution >= 0.6 is 71.5 Å². The van der Waals surface area contributed by atoms with Crippen molar-refractivity contribution >= 4 is 78.5 Å². The summed E-state index contributed by atoms with van der Waals surface area (Å²) in [5, 5.41) is 0. The standard InChI is InChI=1S/C16H24S6/c1-3-9-19-15(17)21-11-13-5-7-14(8-6-13)12-22-16(18)20-10-4-2/h3-4,13-14H,1-2,5-12H2. The van der Waals surface area contributed by atoms with Crippen LogP contribution in [0.4, 0.5) is 0 Å². The highest BCUT2D eigenvalue weighted by atomic mass is 32.2. The Balaban J connectivity index is 2.10. The molecule has 1 fully saturated rings. The fourth-order valence-electron chi connectivity index (χ4n) is 2.27. The smallest absolute Gasteiger partial charge is 0.104 e. The Labute approximate surface area is 163 Å². The van der Waals surface area contributed by atoms with Gasteiger partial charge in [-0.2, -0.15) is 0 Å². The van der Waals surface area contributed by atoms with E-state index in [1.807, 2.05) is 35.7 Å². The first-order valence-electron chi connectivity index (χ1n) is 7.46. The second kappa shape index (κ2) is 13.4. The molecule has 0 aliphatic heterocycles. The molecule has 0 amide bonds. The molecule has 0 radical (unpaired) electrons. The van der Waals surface area contributed by atoms with Crippen molar-refractivity contribution in [1.29, 1.82) is 0 Å². The topological polar surface area (TPSA) is 0 Å². The summed E-state index contributed by atoms with van der Waals surface area (Å²) in [6.07, 6.45) is 9.22. The minimum atomic E-state index is 0.843. The Morgan fingerprint density at radius 3 is 1.45 bits per heavy atom. The molecule has 0 bridgehead atoms. The summed E-state index contributed by atoms with van der Waals surface area (Å²) >= 11 is 17.9. The molecule has 0 aromatic carbocycles. The largest absolute Gasteiger partial charge is 0.108 e. The first kappa shape index (κ1) is 21.1. The van der Waals surface area contributed by atoms with E-state index in [0.29, 0.717) is 0 Å². The van der Waals surface area contributed by atoms with Gasteiger partial charge >= 0.3 is 0 Å². The Hall–Kier alpha value is 1.06. The van der Waals surface area contributed by atoms with Crippen LogP contribution in [0, 0.1) is 11.8 Å². The van der Waals surface area contributed by atoms with E-state index in [-0.39, 0.29) is 0 Å². The van der Waals surface area contributed by atoms with Crippen molar-refractivity contribution in [2.75, 3.05) is 23.0 Å². The number of thiocarbonyl (C=S) groups is 2. The number of hydrogen-bond acceptors (Lipinski definition) is 6. The van der Waals surface area contributed by atoms with Crippen LogP contribution in [0.3, 0.4) is 0 Å². The second-order valence-electron chi connectivity index (χ2n) is 5.21. The molecule has 1 saturated carbocycles. The fourth-order valence-corrected chi connectivity index (χ4v) is 6.49. The molecule has 6 heteroatoms. The van der Waals surface area contributed by atoms with Crippen molar-refractivity contribution < 1.29 is 0 Å². The van der Waals surface area contributed by atoms with Crippen LogP contribution in [0.15, 0.2) is 25.3 Å². The van der Waals surface area contributed by atoms with Crippen LogP contribution in [0.2, 0.25) is 0 Å². The minimum Gasteiger partial charge on any atom is -0.108 e. The van der Waals surface area contributed by atoms with E-state index in [4.69, 9.17) is 24.4 Å². The molecule has 0 unspecified atom stereocenters. The lowest BCUT2D eigenvalue weighted by Crippen LogP contribution is -2.18. The van der Waals surface area contributed by atoms with Gasteiger partial charge in [-0.3, -0.25) is 0 Å². The van der Waals surface area contributed by atoms with Gasteiger partial charge in [-0.15, -0.1) is 60.2 Å². The van der Waals surface area contributed by atoms with E-state index in [2.05, 4.69) is 13.2 Å². The van der Waals surface area contributed by atoms with Crippen LogP contribution in [0.5, 0.6) is 0 Å². The predicted octanol–water partition coefficient (Wildman–Crippen LogP) is 6.67. The maximum atomic E-state index is 5.37. The van der Waals surface area contributed by atoms with Crippen molar-refractivity contribution in [2.24, 2.45) is 11.8 Å². The van der Waals surface area contributed by atoms with Gasteiger partial charge in [0, 0.05) is 23.0 Å². The van der Waals surface area contributed by atoms with Crippen molar-refractivity contribution in [1.82, 2.24) is 0 Å². The van der Waals surface area contributed by atoms with E-state index in [0.717, 1.165) is 30.4 Å². The van der Waals surface area contributed by atoms with Gasteiger partial charge < -0.3 is 0 Å². The van der Waals surface area contributed by atoms with Crippen LogP contribution in [0.1, 0.15) is 25.7 Å². The SMILES string of the molecule is C=CCSC(=S)SCC1CCC(CSC(=S)SCC=C)CC1. The first-order chi connectivity index (χ1) is 10.7. The van der Waals surface area contributed by atoms with Crippen molar-refractivity contribution in [3.05, 3.63) is 25.3 Å². The number of rotatable bonds is 8. The summed E-state index contributed by atoms with van der Waals surface area (Å²) in [7, 11) is 0. The quantitative estimate of drug-likeness (QED) is 0.322. The summed E-state index contributed by atoms with van der Waals surface area (Å²) in [5.74, 6) is 5.93. The lowest BCUT2D eigenvalue weighted by molar-refractivity contribution is 0.316. The zero-order valence-electron chi connectivity index (χ0n) is 12.8. The van der Waals surface area contributed by atoms with Crippen LogP contribution < -0.4 is 0 Å². The zero-order valence-corrected chi connectivity index (χ0v) is 17.7. The lowest BCUT2D eigenvalue weighted by atomic mass is 9.84. The third-order valence-corrected chi connectivity index (χ3v) is 9.33. The van der Waals surface area contributed by atoms with E-state index in [9.17, 15) is 0 Å². The molecule has 0 heterocycles. The van der Waals surface area contributed by atoms with Gasteiger partial charge in [-0.1, -0.05) is 36.6 Å². The van der Waals surface area contributed by atoms with E-state index >= 15 is 0 Å². The van der Waals surface area contributed by atoms with E-state index in [1.54, 1.807) is 23.5 Å². The summed E-state index contributed by atoms with van der Waals surface area (Å²) in [6, 6.07) is 0. The number of thioether (sulfide) groups is 4. The van der Waals surface area contributed by atoms with Gasteiger partial charge in [0.2, 0.25) is 0 Å². The molecule has 1 rings (SSSR count). The average Bonchev–Trinajstić information content (AvgIpc) is 2.55. The third-order valence-electron chi connectivity index (χ3n) is 3.48. The molecule has 0 atom stereocenters. The average molecular weight is 409 g/mol. The zero-order chi connectivity index (χ0) is 16.2. The minimum absolute atomic E-state index is 0.843. The van der Waals surface area contributed by atoms with Crippen LogP contribution in [0.25, 0.3) is 0 Å². The van der Waals surface area contributed by atoms with Gasteiger partial charge in [0.15, 0.2) is 0 Å². The van der Waals surface area contributed by atoms with Gasteiger partial charge in [0.1, 0.15) is 7.06 Å². The highest BCUT2D eigenvalue weighted by Gasteiger charge is 2.22. The molecule has 124 valence electrons. The molecule has 0 spiro atoms. The fraction of sp³-hybridized carbons (Fsp3) is 0.625. The highest BCUT2D eigenvalue weighted by molar-refractivity contribution is 8.47. The number of hydrogen-bond donors (Lipinski definition) is 0. The molecule has 0 nitrogen and oxygen atoms in total. The van der Waals surface area contributed by atoms with Gasteiger partial charge in [0.05, 0.1) is 0 Å². The molecule has 22 heavy (non-hydrogen) atoms. The molecular weight excluding hydrogens is 385 g/mol. The Morgan fingerprint density at radius 2 is 1.14 bits per heavy atom. The molecule has 1 aliphatic rings. The molecular formula is C16H24S6. The molecule has 1 aliphatic carbocycles. The van der Waals surface area contributed by atoms with Crippen molar-refractivity contribution in [2.45, 2.75) is 25.7 Å². The van der Waals surface area contributed by atoms with E-state index < -0.39 is 0 Å². The van der Waals surface area contributed by atoms with Gasteiger partial charge in [-0.25, -0.2) is 0 Å². The maximum absolute atomic E-state index is 5.37. The summed E-state index contributed by atoms with van der Waals surface area (Å²) in [4.78, 5) is 0. The van der Waals surface area contributed by atoms with Crippen LogP contribution in [-0.2, 0) is 0 Å². The maximum Gasteiger partial charge on any atom is 0.104 e. The molecule has 0 aromatic rings. The Morgan fingerprint density at radius 1 is 0.773 bits per heavy atom. The molecule has 0 N–H and O–H groups in total. The van der Waals surface area contributed by atoms with Gasteiger partial charge in [0.25, 0.3) is 0 Å². The second-order valence-corrected chi connectivity index (χ2v) is 11.7. The van der Waals surface area contributed by atoms with Crippen LogP contribution in [-0.4, -0.2) is 30.1 Å². The molecule has 0 saturated heterocycles. The van der Waals surface area contributed by atoms with Crippen molar-refractivity contribution in [3.63, 3.8) is 0 Å². The molecule has 0 aromatic heterocycles. The summed E-state index contributed by atoms with van der Waals surface area (Å²) < 4.78 is 2.14. The van der Waals surface area contributed by atoms with Crippen molar-refractivity contribution in [3.8, 4) is 0 Å². The highest BCUT2D eigenvalue weighted by Crippen LogP contribution is 2.34.